The Bertz CT molecular complexity index is 685. The number of aryl methyl sites for hydroxylation is 1. The first-order chi connectivity index (χ1) is 9.33. The molecule has 5 heteroatoms. The van der Waals surface area contributed by atoms with E-state index in [4.69, 9.17) is 10.7 Å². The standard InChI is InChI=1S/C14H16N4S/c1-2-5-18-13-4-3-10(7-15)6-11(13)17-14(18)12-8-19-9-16-12/h3-4,6,8-9H,2,5,7,15H2,1H3. The average Bonchev–Trinajstić information content (AvgIpc) is 3.06. The molecule has 1 aromatic carbocycles. The van der Waals surface area contributed by atoms with Crippen molar-refractivity contribution in [2.75, 3.05) is 0 Å². The SMILES string of the molecule is CCCn1c(-c2cscn2)nc2cc(CN)ccc21. The fraction of sp³-hybridized carbons (Fsp3) is 0.286. The van der Waals surface area contributed by atoms with Gasteiger partial charge in [0, 0.05) is 18.5 Å². The number of hydrogen-bond donors (Lipinski definition) is 1. The van der Waals surface area contributed by atoms with Crippen molar-refractivity contribution in [2.45, 2.75) is 26.4 Å². The molecule has 3 rings (SSSR count). The third kappa shape index (κ3) is 2.15. The van der Waals surface area contributed by atoms with Gasteiger partial charge in [-0.2, -0.15) is 0 Å². The molecule has 2 heterocycles. The van der Waals surface area contributed by atoms with Gasteiger partial charge < -0.3 is 10.3 Å². The molecule has 2 N–H and O–H groups in total. The smallest absolute Gasteiger partial charge is 0.160 e. The van der Waals surface area contributed by atoms with Crippen LogP contribution in [-0.4, -0.2) is 14.5 Å². The second-order valence-corrected chi connectivity index (χ2v) is 5.21. The van der Waals surface area contributed by atoms with Crippen LogP contribution in [0.2, 0.25) is 0 Å². The average molecular weight is 272 g/mol. The van der Waals surface area contributed by atoms with Gasteiger partial charge in [-0.3, -0.25) is 0 Å². The van der Waals surface area contributed by atoms with E-state index in [9.17, 15) is 0 Å². The summed E-state index contributed by atoms with van der Waals surface area (Å²) in [6.07, 6.45) is 1.07. The lowest BCUT2D eigenvalue weighted by atomic mass is 10.2. The highest BCUT2D eigenvalue weighted by Gasteiger charge is 2.13. The van der Waals surface area contributed by atoms with E-state index in [-0.39, 0.29) is 0 Å². The van der Waals surface area contributed by atoms with Crippen LogP contribution in [0.1, 0.15) is 18.9 Å². The fourth-order valence-corrected chi connectivity index (χ4v) is 2.80. The van der Waals surface area contributed by atoms with Crippen LogP contribution in [0.25, 0.3) is 22.6 Å². The largest absolute Gasteiger partial charge is 0.326 e. The van der Waals surface area contributed by atoms with Crippen LogP contribution in [0.3, 0.4) is 0 Å². The number of hydrogen-bond acceptors (Lipinski definition) is 4. The molecule has 0 aliphatic carbocycles. The number of aromatic nitrogens is 3. The molecule has 0 radical (unpaired) electrons. The molecule has 0 amide bonds. The van der Waals surface area contributed by atoms with Crippen molar-refractivity contribution < 1.29 is 0 Å². The first-order valence-corrected chi connectivity index (χ1v) is 7.35. The summed E-state index contributed by atoms with van der Waals surface area (Å²) in [7, 11) is 0. The highest BCUT2D eigenvalue weighted by Crippen LogP contribution is 2.25. The van der Waals surface area contributed by atoms with Crippen molar-refractivity contribution in [3.63, 3.8) is 0 Å². The molecule has 3 aromatic rings. The molecule has 0 saturated carbocycles. The highest BCUT2D eigenvalue weighted by molar-refractivity contribution is 7.07. The summed E-state index contributed by atoms with van der Waals surface area (Å²) in [5, 5.41) is 2.04. The lowest BCUT2D eigenvalue weighted by molar-refractivity contribution is 0.703. The van der Waals surface area contributed by atoms with Crippen molar-refractivity contribution in [3.8, 4) is 11.5 Å². The Morgan fingerprint density at radius 3 is 2.95 bits per heavy atom. The monoisotopic (exact) mass is 272 g/mol. The highest BCUT2D eigenvalue weighted by atomic mass is 32.1. The predicted molar refractivity (Wildman–Crippen MR) is 79.0 cm³/mol. The molecular formula is C14H16N4S. The van der Waals surface area contributed by atoms with Crippen molar-refractivity contribution in [1.82, 2.24) is 14.5 Å². The maximum atomic E-state index is 5.69. The fourth-order valence-electron chi connectivity index (χ4n) is 2.27. The molecule has 0 aliphatic heterocycles. The number of fused-ring (bicyclic) bond motifs is 1. The lowest BCUT2D eigenvalue weighted by Gasteiger charge is -2.05. The summed E-state index contributed by atoms with van der Waals surface area (Å²) in [4.78, 5) is 9.11. The molecule has 0 spiro atoms. The summed E-state index contributed by atoms with van der Waals surface area (Å²) in [6.45, 7) is 3.67. The van der Waals surface area contributed by atoms with Crippen LogP contribution in [-0.2, 0) is 13.1 Å². The van der Waals surface area contributed by atoms with Crippen LogP contribution < -0.4 is 5.73 Å². The molecule has 19 heavy (non-hydrogen) atoms. The minimum Gasteiger partial charge on any atom is -0.326 e. The quantitative estimate of drug-likeness (QED) is 0.794. The Morgan fingerprint density at radius 1 is 1.37 bits per heavy atom. The van der Waals surface area contributed by atoms with Gasteiger partial charge in [0.25, 0.3) is 0 Å². The number of benzene rings is 1. The zero-order valence-corrected chi connectivity index (χ0v) is 11.7. The van der Waals surface area contributed by atoms with E-state index in [0.717, 1.165) is 41.1 Å². The number of imidazole rings is 1. The van der Waals surface area contributed by atoms with E-state index < -0.39 is 0 Å². The van der Waals surface area contributed by atoms with Crippen LogP contribution in [0.4, 0.5) is 0 Å². The van der Waals surface area contributed by atoms with Gasteiger partial charge in [-0.05, 0) is 24.1 Å². The second-order valence-electron chi connectivity index (χ2n) is 4.49. The Balaban J connectivity index is 2.22. The van der Waals surface area contributed by atoms with Gasteiger partial charge in [0.1, 0.15) is 5.69 Å². The van der Waals surface area contributed by atoms with Crippen LogP contribution in [0.15, 0.2) is 29.1 Å². The van der Waals surface area contributed by atoms with Gasteiger partial charge in [-0.15, -0.1) is 11.3 Å². The van der Waals surface area contributed by atoms with Crippen molar-refractivity contribution in [3.05, 3.63) is 34.7 Å². The van der Waals surface area contributed by atoms with Crippen LogP contribution >= 0.6 is 11.3 Å². The molecule has 0 unspecified atom stereocenters. The van der Waals surface area contributed by atoms with Crippen molar-refractivity contribution >= 4 is 22.4 Å². The minimum atomic E-state index is 0.544. The number of nitrogens with two attached hydrogens (primary N) is 1. The zero-order valence-electron chi connectivity index (χ0n) is 10.8. The van der Waals surface area contributed by atoms with E-state index >= 15 is 0 Å². The molecule has 0 saturated heterocycles. The van der Waals surface area contributed by atoms with Gasteiger partial charge in [-0.25, -0.2) is 9.97 Å². The Morgan fingerprint density at radius 2 is 2.26 bits per heavy atom. The van der Waals surface area contributed by atoms with E-state index in [2.05, 4.69) is 34.7 Å². The van der Waals surface area contributed by atoms with E-state index in [1.165, 1.54) is 0 Å². The first-order valence-electron chi connectivity index (χ1n) is 6.41. The number of nitrogens with zero attached hydrogens (tertiary/aromatic N) is 3. The van der Waals surface area contributed by atoms with Crippen LogP contribution in [0.5, 0.6) is 0 Å². The third-order valence-corrected chi connectivity index (χ3v) is 3.74. The van der Waals surface area contributed by atoms with E-state index in [0.29, 0.717) is 6.54 Å². The molecule has 98 valence electrons. The summed E-state index contributed by atoms with van der Waals surface area (Å²) < 4.78 is 2.24. The second kappa shape index (κ2) is 5.11. The van der Waals surface area contributed by atoms with Gasteiger partial charge in [0.15, 0.2) is 5.82 Å². The summed E-state index contributed by atoms with van der Waals surface area (Å²) in [6, 6.07) is 6.24. The third-order valence-electron chi connectivity index (χ3n) is 3.16. The molecule has 0 aliphatic rings. The maximum Gasteiger partial charge on any atom is 0.160 e. The predicted octanol–water partition coefficient (Wildman–Crippen LogP) is 3.03. The Kier molecular flexibility index (Phi) is 3.31. The molecular weight excluding hydrogens is 256 g/mol. The summed E-state index contributed by atoms with van der Waals surface area (Å²) in [5.41, 5.74) is 11.7. The number of rotatable bonds is 4. The van der Waals surface area contributed by atoms with Gasteiger partial charge in [0.2, 0.25) is 0 Å². The van der Waals surface area contributed by atoms with Crippen LogP contribution in [0, 0.1) is 0 Å². The van der Waals surface area contributed by atoms with Crippen molar-refractivity contribution in [1.29, 1.82) is 0 Å². The summed E-state index contributed by atoms with van der Waals surface area (Å²) >= 11 is 1.59. The molecule has 0 bridgehead atoms. The van der Waals surface area contributed by atoms with E-state index in [1.807, 2.05) is 10.9 Å². The summed E-state index contributed by atoms with van der Waals surface area (Å²) in [5.74, 6) is 0.951. The molecule has 0 fully saturated rings. The molecule has 0 atom stereocenters. The Labute approximate surface area is 115 Å². The Hall–Kier alpha value is -1.72. The first kappa shape index (κ1) is 12.3. The topological polar surface area (TPSA) is 56.7 Å². The molecule has 4 nitrogen and oxygen atoms in total. The molecule has 2 aromatic heterocycles. The lowest BCUT2D eigenvalue weighted by Crippen LogP contribution is -2.00. The van der Waals surface area contributed by atoms with E-state index in [1.54, 1.807) is 11.3 Å². The number of thiazole rings is 1. The van der Waals surface area contributed by atoms with Gasteiger partial charge in [0.05, 0.1) is 16.5 Å². The minimum absolute atomic E-state index is 0.544. The zero-order chi connectivity index (χ0) is 13.2. The normalized spacial score (nSPS) is 11.3. The van der Waals surface area contributed by atoms with Gasteiger partial charge in [-0.1, -0.05) is 13.0 Å². The van der Waals surface area contributed by atoms with Crippen molar-refractivity contribution in [2.24, 2.45) is 5.73 Å². The maximum absolute atomic E-state index is 5.69. The van der Waals surface area contributed by atoms with Gasteiger partial charge >= 0.3 is 0 Å².